The maximum absolute atomic E-state index is 11.2. The van der Waals surface area contributed by atoms with Crippen molar-refractivity contribution in [2.24, 2.45) is 0 Å². The number of allylic oxidation sites excluding steroid dienone is 2. The van der Waals surface area contributed by atoms with Crippen LogP contribution >= 0.6 is 0 Å². The number of carbonyl (C=O) groups is 1. The van der Waals surface area contributed by atoms with Gasteiger partial charge in [-0.25, -0.2) is 0 Å². The van der Waals surface area contributed by atoms with Crippen LogP contribution in [0, 0.1) is 0 Å². The van der Waals surface area contributed by atoms with E-state index in [2.05, 4.69) is 49.0 Å². The number of hydrogen-bond acceptors (Lipinski definition) is 2. The van der Waals surface area contributed by atoms with E-state index in [1.165, 1.54) is 89.9 Å². The zero-order valence-electron chi connectivity index (χ0n) is 20.3. The van der Waals surface area contributed by atoms with Gasteiger partial charge in [0, 0.05) is 13.3 Å². The molecule has 0 aliphatic carbocycles. The van der Waals surface area contributed by atoms with Crippen molar-refractivity contribution in [3.05, 3.63) is 24.6 Å². The molecule has 0 bridgehead atoms. The van der Waals surface area contributed by atoms with Gasteiger partial charge in [0.05, 0.1) is 19.3 Å². The van der Waals surface area contributed by atoms with E-state index in [-0.39, 0.29) is 5.91 Å². The summed E-state index contributed by atoms with van der Waals surface area (Å²) < 4.78 is 0.939. The fraction of sp³-hybridized carbons (Fsp3) is 0.808. The molecule has 1 aliphatic heterocycles. The normalized spacial score (nSPS) is 20.7. The average Bonchev–Trinajstić information content (AvgIpc) is 3.13. The van der Waals surface area contributed by atoms with Crippen molar-refractivity contribution >= 4 is 5.91 Å². The molecule has 1 amide bonds. The molecule has 0 radical (unpaired) electrons. The van der Waals surface area contributed by atoms with E-state index in [1.54, 1.807) is 6.92 Å². The van der Waals surface area contributed by atoms with Crippen LogP contribution in [-0.2, 0) is 4.79 Å². The van der Waals surface area contributed by atoms with Crippen molar-refractivity contribution in [2.45, 2.75) is 117 Å². The third-order valence-electron chi connectivity index (χ3n) is 6.51. The van der Waals surface area contributed by atoms with Crippen LogP contribution in [0.5, 0.6) is 0 Å². The Kier molecular flexibility index (Phi) is 15.5. The highest BCUT2D eigenvalue weighted by molar-refractivity contribution is 5.72. The molecule has 2 N–H and O–H groups in total. The number of nitrogens with one attached hydrogen (secondary N) is 2. The first-order valence-electron chi connectivity index (χ1n) is 12.8. The monoisotopic (exact) mass is 420 g/mol. The Bertz CT molecular complexity index is 489. The molecule has 0 aromatic carbocycles. The fourth-order valence-corrected chi connectivity index (χ4v) is 4.46. The topological polar surface area (TPSA) is 41.1 Å². The van der Waals surface area contributed by atoms with E-state index in [0.717, 1.165) is 24.1 Å². The van der Waals surface area contributed by atoms with Gasteiger partial charge in [-0.3, -0.25) is 9.28 Å². The Morgan fingerprint density at radius 1 is 0.933 bits per heavy atom. The second kappa shape index (κ2) is 17.4. The van der Waals surface area contributed by atoms with Gasteiger partial charge in [-0.05, 0) is 39.0 Å². The summed E-state index contributed by atoms with van der Waals surface area (Å²) >= 11 is 0. The molecular formula is C26H50N3O+. The summed E-state index contributed by atoms with van der Waals surface area (Å²) in [4.78, 5) is 11.2. The maximum atomic E-state index is 11.2. The Morgan fingerprint density at radius 3 is 2.13 bits per heavy atom. The number of likely N-dealkylation sites (N-methyl/N-ethyl adjacent to an activating group) is 1. The van der Waals surface area contributed by atoms with Gasteiger partial charge in [-0.1, -0.05) is 70.4 Å². The molecule has 4 heteroatoms. The molecule has 2 atom stereocenters. The summed E-state index contributed by atoms with van der Waals surface area (Å²) in [5.41, 5.74) is 0. The molecule has 30 heavy (non-hydrogen) atoms. The van der Waals surface area contributed by atoms with Crippen molar-refractivity contribution in [3.8, 4) is 0 Å². The first-order valence-corrected chi connectivity index (χ1v) is 12.8. The van der Waals surface area contributed by atoms with Gasteiger partial charge in [-0.2, -0.15) is 0 Å². The van der Waals surface area contributed by atoms with Gasteiger partial charge in [0.15, 0.2) is 6.17 Å². The smallest absolute Gasteiger partial charge is 0.217 e. The molecule has 174 valence electrons. The van der Waals surface area contributed by atoms with Crippen LogP contribution in [0.15, 0.2) is 24.6 Å². The van der Waals surface area contributed by atoms with Crippen LogP contribution in [0.25, 0.3) is 0 Å². The number of hydrogen-bond donors (Lipinski definition) is 2. The van der Waals surface area contributed by atoms with E-state index >= 15 is 0 Å². The maximum Gasteiger partial charge on any atom is 0.217 e. The van der Waals surface area contributed by atoms with Crippen molar-refractivity contribution in [2.75, 3.05) is 19.6 Å². The van der Waals surface area contributed by atoms with E-state index in [0.29, 0.717) is 6.17 Å². The molecule has 0 saturated heterocycles. The molecule has 0 fully saturated rings. The summed E-state index contributed by atoms with van der Waals surface area (Å²) in [5.74, 6) is 0.0612. The van der Waals surface area contributed by atoms with Crippen molar-refractivity contribution < 1.29 is 9.28 Å². The lowest BCUT2D eigenvalue weighted by atomic mass is 10.1. The minimum atomic E-state index is 0.0612. The molecular weight excluding hydrogens is 370 g/mol. The number of rotatable bonds is 19. The average molecular weight is 421 g/mol. The van der Waals surface area contributed by atoms with Crippen molar-refractivity contribution in [1.29, 1.82) is 0 Å². The molecule has 2 unspecified atom stereocenters. The van der Waals surface area contributed by atoms with Crippen molar-refractivity contribution in [1.82, 2.24) is 10.6 Å². The Morgan fingerprint density at radius 2 is 1.53 bits per heavy atom. The predicted octanol–water partition coefficient (Wildman–Crippen LogP) is 6.40. The molecule has 0 aromatic heterocycles. The Labute approximate surface area is 187 Å². The van der Waals surface area contributed by atoms with Crippen LogP contribution in [0.2, 0.25) is 0 Å². The quantitative estimate of drug-likeness (QED) is 0.144. The fourth-order valence-electron chi connectivity index (χ4n) is 4.46. The third-order valence-corrected chi connectivity index (χ3v) is 6.51. The van der Waals surface area contributed by atoms with Gasteiger partial charge in [0.1, 0.15) is 12.7 Å². The van der Waals surface area contributed by atoms with Crippen LogP contribution in [-0.4, -0.2) is 36.2 Å². The number of quaternary nitrogens is 1. The lowest BCUT2D eigenvalue weighted by molar-refractivity contribution is -0.898. The molecule has 0 spiro atoms. The first kappa shape index (κ1) is 26.7. The zero-order valence-corrected chi connectivity index (χ0v) is 20.3. The predicted molar refractivity (Wildman–Crippen MR) is 130 cm³/mol. The van der Waals surface area contributed by atoms with Gasteiger partial charge in [-0.15, -0.1) is 0 Å². The van der Waals surface area contributed by atoms with Crippen LogP contribution < -0.4 is 10.6 Å². The van der Waals surface area contributed by atoms with Crippen LogP contribution in [0.1, 0.15) is 111 Å². The highest BCUT2D eigenvalue weighted by Gasteiger charge is 2.36. The minimum Gasteiger partial charge on any atom is -0.351 e. The second-order valence-electron chi connectivity index (χ2n) is 9.00. The first-order chi connectivity index (χ1) is 14.6. The van der Waals surface area contributed by atoms with Gasteiger partial charge in [0.2, 0.25) is 5.91 Å². The van der Waals surface area contributed by atoms with Crippen molar-refractivity contribution in [3.63, 3.8) is 0 Å². The third kappa shape index (κ3) is 11.8. The summed E-state index contributed by atoms with van der Waals surface area (Å²) in [6.45, 7) is 8.89. The standard InChI is InChI=1S/C26H49N3O/c1-4-6-7-8-9-10-11-12-13-14-15-16-17-18-19-20-26-28-22-24-29(26,5-2)23-21-27-25(3)30/h15-16,22,24,26,28H,4-14,17-21,23H2,1-3H3/p+1/b16-15+. The second-order valence-corrected chi connectivity index (χ2v) is 9.00. The summed E-state index contributed by atoms with van der Waals surface area (Å²) in [6, 6.07) is 0. The van der Waals surface area contributed by atoms with Crippen LogP contribution in [0.3, 0.4) is 0 Å². The lowest BCUT2D eigenvalue weighted by Crippen LogP contribution is -2.55. The van der Waals surface area contributed by atoms with Gasteiger partial charge < -0.3 is 10.6 Å². The molecule has 1 aliphatic rings. The largest absolute Gasteiger partial charge is 0.351 e. The molecule has 1 heterocycles. The summed E-state index contributed by atoms with van der Waals surface area (Å²) in [7, 11) is 0. The molecule has 0 saturated carbocycles. The number of carbonyl (C=O) groups excluding carboxylic acids is 1. The lowest BCUT2D eigenvalue weighted by Gasteiger charge is -2.37. The summed E-state index contributed by atoms with van der Waals surface area (Å²) in [5, 5.41) is 6.50. The van der Waals surface area contributed by atoms with E-state index in [9.17, 15) is 4.79 Å². The zero-order chi connectivity index (χ0) is 21.9. The highest BCUT2D eigenvalue weighted by atomic mass is 16.1. The highest BCUT2D eigenvalue weighted by Crippen LogP contribution is 2.22. The molecule has 4 nitrogen and oxygen atoms in total. The Hall–Kier alpha value is -1.29. The van der Waals surface area contributed by atoms with E-state index < -0.39 is 0 Å². The summed E-state index contributed by atoms with van der Waals surface area (Å²) in [6.07, 6.45) is 28.5. The van der Waals surface area contributed by atoms with Crippen LogP contribution in [0.4, 0.5) is 0 Å². The minimum absolute atomic E-state index is 0.0612. The molecule has 0 aromatic rings. The Balaban J connectivity index is 2.02. The van der Waals surface area contributed by atoms with Gasteiger partial charge in [0.25, 0.3) is 0 Å². The number of unbranched alkanes of at least 4 members (excludes halogenated alkanes) is 11. The number of amides is 1. The SMILES string of the molecule is CCCCCCCCCCC/C=C/CCCCC1NC=C[N+]1(CC)CCNC(C)=O. The number of nitrogens with zero attached hydrogens (tertiary/aromatic N) is 1. The van der Waals surface area contributed by atoms with E-state index in [1.807, 2.05) is 0 Å². The molecule has 1 rings (SSSR count). The van der Waals surface area contributed by atoms with Gasteiger partial charge >= 0.3 is 0 Å². The van der Waals surface area contributed by atoms with E-state index in [4.69, 9.17) is 0 Å².